The van der Waals surface area contributed by atoms with E-state index >= 15 is 0 Å². The van der Waals surface area contributed by atoms with Crippen molar-refractivity contribution in [1.29, 1.82) is 0 Å². The highest BCUT2D eigenvalue weighted by atomic mass is 16.5. The van der Waals surface area contributed by atoms with Gasteiger partial charge in [0.05, 0.1) is 24.6 Å². The van der Waals surface area contributed by atoms with Gasteiger partial charge in [-0.1, -0.05) is 5.21 Å². The van der Waals surface area contributed by atoms with Crippen molar-refractivity contribution in [3.8, 4) is 5.69 Å². The molecular formula is C23H24N6O6. The number of aliphatic hydroxyl groups excluding tert-OH is 1. The average Bonchev–Trinajstić information content (AvgIpc) is 3.62. The van der Waals surface area contributed by atoms with Crippen molar-refractivity contribution in [2.45, 2.75) is 31.5 Å². The van der Waals surface area contributed by atoms with Gasteiger partial charge in [-0.25, -0.2) is 4.68 Å². The van der Waals surface area contributed by atoms with Gasteiger partial charge in [0.25, 0.3) is 11.8 Å². The van der Waals surface area contributed by atoms with Gasteiger partial charge in [-0.2, -0.15) is 0 Å². The van der Waals surface area contributed by atoms with Gasteiger partial charge in [0.2, 0.25) is 11.8 Å². The lowest BCUT2D eigenvalue weighted by Gasteiger charge is -2.29. The molecule has 4 atom stereocenters. The molecule has 182 valence electrons. The third-order valence-corrected chi connectivity index (χ3v) is 7.44. The Hall–Kier alpha value is -3.64. The normalized spacial score (nSPS) is 27.9. The number of imide groups is 1. The van der Waals surface area contributed by atoms with Gasteiger partial charge in [0, 0.05) is 50.1 Å². The molecule has 4 aliphatic heterocycles. The predicted molar refractivity (Wildman–Crippen MR) is 117 cm³/mol. The molecule has 5 heterocycles. The fraction of sp³-hybridized carbons (Fsp3) is 0.478. The van der Waals surface area contributed by atoms with Crippen LogP contribution >= 0.6 is 0 Å². The van der Waals surface area contributed by atoms with Crippen molar-refractivity contribution in [1.82, 2.24) is 30.1 Å². The predicted octanol–water partition coefficient (Wildman–Crippen LogP) is -0.892. The number of likely N-dealkylation sites (tertiary alicyclic amines) is 1. The molecule has 12 nitrogen and oxygen atoms in total. The molecule has 0 bridgehead atoms. The van der Waals surface area contributed by atoms with Crippen LogP contribution in [-0.4, -0.2) is 92.0 Å². The SMILES string of the molecule is O=C1CCC(N2Cc3cc(-n4cc(C(=O)N5C[C@@H]6[C@H](CO)CO[C@@H]6C5)nn4)ccc3C2=O)C(=O)N1. The fourth-order valence-electron chi connectivity index (χ4n) is 5.51. The molecule has 3 fully saturated rings. The summed E-state index contributed by atoms with van der Waals surface area (Å²) in [4.78, 5) is 52.8. The summed E-state index contributed by atoms with van der Waals surface area (Å²) in [6.45, 7) is 1.78. The number of hydrogen-bond acceptors (Lipinski definition) is 8. The molecule has 6 rings (SSSR count). The van der Waals surface area contributed by atoms with Crippen molar-refractivity contribution >= 4 is 23.6 Å². The Morgan fingerprint density at radius 1 is 1.23 bits per heavy atom. The molecule has 1 aromatic carbocycles. The third kappa shape index (κ3) is 3.60. The highest BCUT2D eigenvalue weighted by Crippen LogP contribution is 2.34. The first-order chi connectivity index (χ1) is 16.9. The largest absolute Gasteiger partial charge is 0.396 e. The lowest BCUT2D eigenvalue weighted by molar-refractivity contribution is -0.136. The van der Waals surface area contributed by atoms with E-state index in [4.69, 9.17) is 4.74 Å². The van der Waals surface area contributed by atoms with E-state index in [1.807, 2.05) is 0 Å². The molecule has 2 aromatic rings. The first-order valence-corrected chi connectivity index (χ1v) is 11.6. The Bertz CT molecular complexity index is 1240. The summed E-state index contributed by atoms with van der Waals surface area (Å²) < 4.78 is 7.20. The summed E-state index contributed by atoms with van der Waals surface area (Å²) in [7, 11) is 0. The van der Waals surface area contributed by atoms with Crippen molar-refractivity contribution in [2.75, 3.05) is 26.3 Å². The van der Waals surface area contributed by atoms with Crippen LogP contribution < -0.4 is 5.32 Å². The second kappa shape index (κ2) is 8.24. The molecule has 0 spiro atoms. The molecule has 3 saturated heterocycles. The van der Waals surface area contributed by atoms with E-state index < -0.39 is 11.9 Å². The zero-order valence-electron chi connectivity index (χ0n) is 18.8. The van der Waals surface area contributed by atoms with E-state index in [0.29, 0.717) is 37.4 Å². The highest BCUT2D eigenvalue weighted by Gasteiger charge is 2.45. The van der Waals surface area contributed by atoms with E-state index in [2.05, 4.69) is 15.6 Å². The quantitative estimate of drug-likeness (QED) is 0.536. The van der Waals surface area contributed by atoms with Gasteiger partial charge < -0.3 is 19.6 Å². The number of fused-ring (bicyclic) bond motifs is 2. The van der Waals surface area contributed by atoms with E-state index in [0.717, 1.165) is 5.56 Å². The number of rotatable bonds is 4. The molecular weight excluding hydrogens is 456 g/mol. The molecule has 12 heteroatoms. The minimum absolute atomic E-state index is 0.0428. The number of hydrogen-bond donors (Lipinski definition) is 2. The number of carbonyl (C=O) groups excluding carboxylic acids is 4. The zero-order valence-corrected chi connectivity index (χ0v) is 18.8. The molecule has 1 unspecified atom stereocenters. The van der Waals surface area contributed by atoms with Crippen LogP contribution in [0.15, 0.2) is 24.4 Å². The van der Waals surface area contributed by atoms with Crippen LogP contribution in [0.1, 0.15) is 39.3 Å². The minimum Gasteiger partial charge on any atom is -0.396 e. The Kier molecular flexibility index (Phi) is 5.15. The molecule has 0 radical (unpaired) electrons. The summed E-state index contributed by atoms with van der Waals surface area (Å²) in [6, 6.07) is 4.51. The Morgan fingerprint density at radius 2 is 2.09 bits per heavy atom. The highest BCUT2D eigenvalue weighted by molar-refractivity contribution is 6.05. The van der Waals surface area contributed by atoms with E-state index in [-0.39, 0.29) is 60.9 Å². The maximum atomic E-state index is 13.0. The van der Waals surface area contributed by atoms with Gasteiger partial charge in [0.15, 0.2) is 5.69 Å². The van der Waals surface area contributed by atoms with E-state index in [1.165, 1.54) is 9.58 Å². The summed E-state index contributed by atoms with van der Waals surface area (Å²) >= 11 is 0. The van der Waals surface area contributed by atoms with Crippen molar-refractivity contribution in [3.63, 3.8) is 0 Å². The lowest BCUT2D eigenvalue weighted by atomic mass is 9.94. The summed E-state index contributed by atoms with van der Waals surface area (Å²) in [5.74, 6) is -1.11. The lowest BCUT2D eigenvalue weighted by Crippen LogP contribution is -2.52. The number of nitrogens with zero attached hydrogens (tertiary/aromatic N) is 5. The maximum absolute atomic E-state index is 13.0. The van der Waals surface area contributed by atoms with E-state index in [9.17, 15) is 24.3 Å². The Morgan fingerprint density at radius 3 is 2.89 bits per heavy atom. The molecule has 35 heavy (non-hydrogen) atoms. The number of aliphatic hydroxyl groups is 1. The van der Waals surface area contributed by atoms with Gasteiger partial charge >= 0.3 is 0 Å². The zero-order chi connectivity index (χ0) is 24.3. The third-order valence-electron chi connectivity index (χ3n) is 7.44. The summed E-state index contributed by atoms with van der Waals surface area (Å²) in [5.41, 5.74) is 2.07. The number of amides is 4. The fourth-order valence-corrected chi connectivity index (χ4v) is 5.51. The smallest absolute Gasteiger partial charge is 0.276 e. The van der Waals surface area contributed by atoms with Crippen LogP contribution in [0.4, 0.5) is 0 Å². The maximum Gasteiger partial charge on any atom is 0.276 e. The number of carbonyl (C=O) groups is 4. The second-order valence-corrected chi connectivity index (χ2v) is 9.48. The molecule has 4 aliphatic rings. The number of piperidine rings is 1. The number of aromatic nitrogens is 3. The summed E-state index contributed by atoms with van der Waals surface area (Å²) in [6.07, 6.45) is 1.99. The van der Waals surface area contributed by atoms with Crippen LogP contribution in [0.5, 0.6) is 0 Å². The first-order valence-electron chi connectivity index (χ1n) is 11.6. The number of nitrogens with one attached hydrogen (secondary N) is 1. The Labute approximate surface area is 199 Å². The number of benzene rings is 1. The molecule has 4 amide bonds. The topological polar surface area (TPSA) is 147 Å². The van der Waals surface area contributed by atoms with Crippen LogP contribution in [0.2, 0.25) is 0 Å². The molecule has 0 aliphatic carbocycles. The van der Waals surface area contributed by atoms with Gasteiger partial charge in [-0.15, -0.1) is 5.10 Å². The standard InChI is InChI=1S/C23H24N6O6/c30-10-13-11-35-19-9-27(7-16(13)19)23(34)17-8-29(26-25-17)14-1-2-15-12(5-14)6-28(22(15)33)18-3-4-20(31)24-21(18)32/h1-2,5,8,13,16,18-19,30H,3-4,6-7,9-11H2,(H,24,31,32)/t13-,16-,18?,19-/m1/s1. The molecule has 0 saturated carbocycles. The molecule has 2 N–H and O–H groups in total. The van der Waals surface area contributed by atoms with Crippen LogP contribution in [0, 0.1) is 11.8 Å². The van der Waals surface area contributed by atoms with Crippen molar-refractivity contribution in [2.24, 2.45) is 11.8 Å². The molecule has 1 aromatic heterocycles. The van der Waals surface area contributed by atoms with Crippen molar-refractivity contribution in [3.05, 3.63) is 41.2 Å². The minimum atomic E-state index is -0.680. The van der Waals surface area contributed by atoms with Crippen LogP contribution in [0.3, 0.4) is 0 Å². The van der Waals surface area contributed by atoms with Crippen molar-refractivity contribution < 1.29 is 29.0 Å². The average molecular weight is 480 g/mol. The second-order valence-electron chi connectivity index (χ2n) is 9.48. The Balaban J connectivity index is 1.17. The van der Waals surface area contributed by atoms with E-state index in [1.54, 1.807) is 29.3 Å². The van der Waals surface area contributed by atoms with Gasteiger partial charge in [-0.3, -0.25) is 24.5 Å². The monoisotopic (exact) mass is 480 g/mol. The van der Waals surface area contributed by atoms with Crippen LogP contribution in [-0.2, 0) is 20.9 Å². The summed E-state index contributed by atoms with van der Waals surface area (Å²) in [5, 5.41) is 20.0. The number of ether oxygens (including phenoxy) is 1. The van der Waals surface area contributed by atoms with Gasteiger partial charge in [0.1, 0.15) is 6.04 Å². The first kappa shape index (κ1) is 21.9. The van der Waals surface area contributed by atoms with Gasteiger partial charge in [-0.05, 0) is 30.2 Å². The van der Waals surface area contributed by atoms with Crippen LogP contribution in [0.25, 0.3) is 5.69 Å².